The topological polar surface area (TPSA) is 55.1 Å². The highest BCUT2D eigenvalue weighted by Crippen LogP contribution is 2.26. The van der Waals surface area contributed by atoms with E-state index in [1.165, 1.54) is 12.1 Å². The third-order valence-electron chi connectivity index (χ3n) is 3.09. The number of carbonyl (C=O) groups is 1. The minimum absolute atomic E-state index is 0.0644. The predicted octanol–water partition coefficient (Wildman–Crippen LogP) is 4.86. The average molecular weight is 363 g/mol. The first kappa shape index (κ1) is 16.5. The number of nitrogens with one attached hydrogen (secondary N) is 1. The molecule has 0 aliphatic rings. The van der Waals surface area contributed by atoms with Gasteiger partial charge in [-0.15, -0.1) is 0 Å². The van der Waals surface area contributed by atoms with Crippen molar-refractivity contribution in [1.29, 1.82) is 0 Å². The molecule has 1 amide bonds. The summed E-state index contributed by atoms with van der Waals surface area (Å²) in [5, 5.41) is 3.51. The van der Waals surface area contributed by atoms with Crippen LogP contribution < -0.4 is 5.32 Å². The summed E-state index contributed by atoms with van der Waals surface area (Å²) >= 11 is 6.98. The van der Waals surface area contributed by atoms with Crippen LogP contribution in [0.1, 0.15) is 0 Å². The Bertz CT molecular complexity index is 852. The van der Waals surface area contributed by atoms with Crippen LogP contribution in [0.4, 0.5) is 10.1 Å². The van der Waals surface area contributed by atoms with Gasteiger partial charge in [0.05, 0.1) is 17.6 Å². The molecule has 0 radical (unpaired) electrons. The summed E-state index contributed by atoms with van der Waals surface area (Å²) in [4.78, 5) is 16.0. The number of halogens is 2. The van der Waals surface area contributed by atoms with Crippen molar-refractivity contribution in [2.75, 3.05) is 11.1 Å². The summed E-state index contributed by atoms with van der Waals surface area (Å²) in [7, 11) is 0. The first-order chi connectivity index (χ1) is 11.6. The van der Waals surface area contributed by atoms with Gasteiger partial charge in [0.15, 0.2) is 5.76 Å². The number of thioether (sulfide) groups is 1. The maximum atomic E-state index is 13.5. The normalized spacial score (nSPS) is 10.6. The molecule has 0 aliphatic heterocycles. The zero-order valence-corrected chi connectivity index (χ0v) is 13.9. The lowest BCUT2D eigenvalue weighted by atomic mass is 10.2. The van der Waals surface area contributed by atoms with E-state index < -0.39 is 5.82 Å². The summed E-state index contributed by atoms with van der Waals surface area (Å²) in [5.41, 5.74) is 0.993. The summed E-state index contributed by atoms with van der Waals surface area (Å²) < 4.78 is 19.1. The van der Waals surface area contributed by atoms with E-state index in [1.807, 2.05) is 12.1 Å². The van der Waals surface area contributed by atoms with Crippen molar-refractivity contribution in [3.63, 3.8) is 0 Å². The maximum absolute atomic E-state index is 13.5. The SMILES string of the molecule is O=C(CSc1ncc(-c2ccc(Cl)cc2)o1)Nc1ccccc1F. The Hall–Kier alpha value is -2.31. The Morgan fingerprint density at radius 3 is 2.71 bits per heavy atom. The molecule has 4 nitrogen and oxygen atoms in total. The van der Waals surface area contributed by atoms with Crippen molar-refractivity contribution in [3.8, 4) is 11.3 Å². The van der Waals surface area contributed by atoms with Crippen LogP contribution in [0.25, 0.3) is 11.3 Å². The molecule has 3 aromatic rings. The molecule has 1 N–H and O–H groups in total. The second-order valence-electron chi connectivity index (χ2n) is 4.81. The number of oxazole rings is 1. The number of anilines is 1. The highest BCUT2D eigenvalue weighted by atomic mass is 35.5. The highest BCUT2D eigenvalue weighted by molar-refractivity contribution is 7.99. The van der Waals surface area contributed by atoms with Crippen molar-refractivity contribution < 1.29 is 13.6 Å². The molecular weight excluding hydrogens is 351 g/mol. The van der Waals surface area contributed by atoms with Gasteiger partial charge in [-0.25, -0.2) is 9.37 Å². The lowest BCUT2D eigenvalue weighted by Crippen LogP contribution is -2.14. The number of hydrogen-bond donors (Lipinski definition) is 1. The van der Waals surface area contributed by atoms with Gasteiger partial charge >= 0.3 is 0 Å². The van der Waals surface area contributed by atoms with Crippen LogP contribution in [0.5, 0.6) is 0 Å². The van der Waals surface area contributed by atoms with Crippen LogP contribution in [-0.4, -0.2) is 16.6 Å². The molecule has 3 rings (SSSR count). The van der Waals surface area contributed by atoms with E-state index in [0.29, 0.717) is 16.0 Å². The number of para-hydroxylation sites is 1. The lowest BCUT2D eigenvalue weighted by molar-refractivity contribution is -0.113. The molecule has 2 aromatic carbocycles. The minimum Gasteiger partial charge on any atom is -0.431 e. The Balaban J connectivity index is 1.58. The van der Waals surface area contributed by atoms with Crippen molar-refractivity contribution >= 4 is 35.0 Å². The number of carbonyl (C=O) groups excluding carboxylic acids is 1. The molecule has 24 heavy (non-hydrogen) atoms. The Kier molecular flexibility index (Phi) is 5.17. The van der Waals surface area contributed by atoms with Gasteiger partial charge in [-0.3, -0.25) is 4.79 Å². The molecule has 1 aromatic heterocycles. The molecular formula is C17H12ClFN2O2S. The van der Waals surface area contributed by atoms with Gasteiger partial charge in [0.25, 0.3) is 5.22 Å². The van der Waals surface area contributed by atoms with Gasteiger partial charge in [-0.2, -0.15) is 0 Å². The van der Waals surface area contributed by atoms with Crippen LogP contribution in [0, 0.1) is 5.82 Å². The van der Waals surface area contributed by atoms with Gasteiger partial charge in [0.1, 0.15) is 5.82 Å². The molecule has 122 valence electrons. The minimum atomic E-state index is -0.475. The molecule has 1 heterocycles. The Morgan fingerprint density at radius 1 is 1.21 bits per heavy atom. The Morgan fingerprint density at radius 2 is 1.96 bits per heavy atom. The quantitative estimate of drug-likeness (QED) is 0.658. The summed E-state index contributed by atoms with van der Waals surface area (Å²) in [5.74, 6) is -0.161. The summed E-state index contributed by atoms with van der Waals surface area (Å²) in [6.45, 7) is 0. The summed E-state index contributed by atoms with van der Waals surface area (Å²) in [6, 6.07) is 13.2. The molecule has 0 fully saturated rings. The molecule has 7 heteroatoms. The predicted molar refractivity (Wildman–Crippen MR) is 92.7 cm³/mol. The smallest absolute Gasteiger partial charge is 0.256 e. The molecule has 0 atom stereocenters. The number of rotatable bonds is 5. The second kappa shape index (κ2) is 7.51. The molecule has 0 aliphatic carbocycles. The number of hydrogen-bond acceptors (Lipinski definition) is 4. The fourth-order valence-corrected chi connectivity index (χ4v) is 2.68. The third-order valence-corrected chi connectivity index (χ3v) is 4.18. The number of nitrogens with zero attached hydrogens (tertiary/aromatic N) is 1. The van der Waals surface area contributed by atoms with Crippen LogP contribution in [-0.2, 0) is 4.79 Å². The van der Waals surface area contributed by atoms with Crippen molar-refractivity contribution in [2.45, 2.75) is 5.22 Å². The Labute approximate surface area is 147 Å². The van der Waals surface area contributed by atoms with Gasteiger partial charge in [0.2, 0.25) is 5.91 Å². The lowest BCUT2D eigenvalue weighted by Gasteiger charge is -2.04. The second-order valence-corrected chi connectivity index (χ2v) is 6.18. The van der Waals surface area contributed by atoms with E-state index in [4.69, 9.17) is 16.0 Å². The molecule has 0 saturated heterocycles. The number of benzene rings is 2. The summed E-state index contributed by atoms with van der Waals surface area (Å²) in [6.07, 6.45) is 1.58. The molecule has 0 spiro atoms. The molecule has 0 bridgehead atoms. The van der Waals surface area contributed by atoms with E-state index in [1.54, 1.807) is 30.5 Å². The van der Waals surface area contributed by atoms with Crippen molar-refractivity contribution in [1.82, 2.24) is 4.98 Å². The van der Waals surface area contributed by atoms with Crippen LogP contribution in [0.3, 0.4) is 0 Å². The van der Waals surface area contributed by atoms with E-state index >= 15 is 0 Å². The van der Waals surface area contributed by atoms with Crippen molar-refractivity contribution in [2.24, 2.45) is 0 Å². The molecule has 0 unspecified atom stereocenters. The van der Waals surface area contributed by atoms with E-state index in [9.17, 15) is 9.18 Å². The first-order valence-corrected chi connectivity index (χ1v) is 8.37. The number of aromatic nitrogens is 1. The standard InChI is InChI=1S/C17H12ClFN2O2S/c18-12-7-5-11(6-8-12)15-9-20-17(23-15)24-10-16(22)21-14-4-2-1-3-13(14)19/h1-9H,10H2,(H,21,22). The average Bonchev–Trinajstić information content (AvgIpc) is 3.05. The van der Waals surface area contributed by atoms with Gasteiger partial charge < -0.3 is 9.73 Å². The van der Waals surface area contributed by atoms with Crippen LogP contribution in [0.15, 0.2) is 64.4 Å². The fraction of sp³-hybridized carbons (Fsp3) is 0.0588. The van der Waals surface area contributed by atoms with E-state index in [0.717, 1.165) is 17.3 Å². The first-order valence-electron chi connectivity index (χ1n) is 7.01. The van der Waals surface area contributed by atoms with E-state index in [2.05, 4.69) is 10.3 Å². The highest BCUT2D eigenvalue weighted by Gasteiger charge is 2.11. The van der Waals surface area contributed by atoms with Gasteiger partial charge in [-0.1, -0.05) is 35.5 Å². The van der Waals surface area contributed by atoms with Gasteiger partial charge in [0, 0.05) is 10.6 Å². The van der Waals surface area contributed by atoms with Crippen LogP contribution in [0.2, 0.25) is 5.02 Å². The monoisotopic (exact) mass is 362 g/mol. The third kappa shape index (κ3) is 4.15. The molecule has 0 saturated carbocycles. The largest absolute Gasteiger partial charge is 0.431 e. The maximum Gasteiger partial charge on any atom is 0.256 e. The van der Waals surface area contributed by atoms with E-state index in [-0.39, 0.29) is 17.3 Å². The fourth-order valence-electron chi connectivity index (χ4n) is 1.95. The zero-order valence-electron chi connectivity index (χ0n) is 12.3. The number of amides is 1. The van der Waals surface area contributed by atoms with Crippen LogP contribution >= 0.6 is 23.4 Å². The van der Waals surface area contributed by atoms with Gasteiger partial charge in [-0.05, 0) is 36.4 Å². The zero-order chi connectivity index (χ0) is 16.9. The van der Waals surface area contributed by atoms with Crippen molar-refractivity contribution in [3.05, 3.63) is 65.6 Å².